The molecule has 3 heterocycles. The van der Waals surface area contributed by atoms with Crippen LogP contribution in [0.25, 0.3) is 0 Å². The average Bonchev–Trinajstić information content (AvgIpc) is 3.12. The van der Waals surface area contributed by atoms with Crippen molar-refractivity contribution in [1.82, 2.24) is 14.5 Å². The van der Waals surface area contributed by atoms with E-state index in [1.807, 2.05) is 19.4 Å². The molecule has 2 aliphatic heterocycles. The highest BCUT2D eigenvalue weighted by Crippen LogP contribution is 2.37. The summed E-state index contributed by atoms with van der Waals surface area (Å²) in [5, 5.41) is 8.56. The van der Waals surface area contributed by atoms with Gasteiger partial charge in [-0.05, 0) is 32.6 Å². The molecule has 0 aliphatic carbocycles. The van der Waals surface area contributed by atoms with Crippen LogP contribution in [0.1, 0.15) is 45.4 Å². The number of hydrogen-bond donors (Lipinski definition) is 2. The van der Waals surface area contributed by atoms with Gasteiger partial charge in [-0.25, -0.2) is 4.98 Å². The average molecular weight is 288 g/mol. The van der Waals surface area contributed by atoms with Crippen molar-refractivity contribution in [3.05, 3.63) is 18.7 Å². The van der Waals surface area contributed by atoms with Crippen molar-refractivity contribution in [1.29, 1.82) is 5.41 Å². The minimum absolute atomic E-state index is 0.117. The molecule has 0 spiro atoms. The van der Waals surface area contributed by atoms with Crippen LogP contribution in [0, 0.1) is 5.41 Å². The van der Waals surface area contributed by atoms with E-state index in [1.165, 1.54) is 0 Å². The van der Waals surface area contributed by atoms with Crippen LogP contribution in [-0.2, 0) is 5.66 Å². The molecule has 1 saturated heterocycles. The van der Waals surface area contributed by atoms with Crippen LogP contribution in [0.15, 0.2) is 23.7 Å². The van der Waals surface area contributed by atoms with Gasteiger partial charge in [-0.2, -0.15) is 0 Å². The molecule has 1 aromatic rings. The largest absolute Gasteiger partial charge is 0.324 e. The number of nitrogens with two attached hydrogens (primary N) is 1. The number of nitrogens with one attached hydrogen (secondary N) is 1. The van der Waals surface area contributed by atoms with E-state index in [0.29, 0.717) is 5.84 Å². The molecule has 0 bridgehead atoms. The van der Waals surface area contributed by atoms with Crippen LogP contribution < -0.4 is 5.73 Å². The van der Waals surface area contributed by atoms with Gasteiger partial charge in [-0.1, -0.05) is 0 Å². The van der Waals surface area contributed by atoms with Crippen LogP contribution >= 0.6 is 0 Å². The van der Waals surface area contributed by atoms with E-state index >= 15 is 0 Å². The van der Waals surface area contributed by atoms with Crippen LogP contribution in [0.2, 0.25) is 0 Å². The predicted molar refractivity (Wildman–Crippen MR) is 83.4 cm³/mol. The Labute approximate surface area is 125 Å². The highest BCUT2D eigenvalue weighted by atomic mass is 15.4. The van der Waals surface area contributed by atoms with E-state index in [9.17, 15) is 0 Å². The summed E-state index contributed by atoms with van der Waals surface area (Å²) >= 11 is 0. The lowest BCUT2D eigenvalue weighted by Crippen LogP contribution is -2.62. The lowest BCUT2D eigenvalue weighted by molar-refractivity contribution is 0.100. The number of hydrogen-bond acceptors (Lipinski definition) is 4. The zero-order valence-electron chi connectivity index (χ0n) is 12.6. The Morgan fingerprint density at radius 3 is 2.81 bits per heavy atom. The number of rotatable bonds is 2. The van der Waals surface area contributed by atoms with Crippen molar-refractivity contribution >= 4 is 11.7 Å². The van der Waals surface area contributed by atoms with E-state index in [-0.39, 0.29) is 6.04 Å². The van der Waals surface area contributed by atoms with Gasteiger partial charge in [0.1, 0.15) is 17.3 Å². The molecule has 114 valence electrons. The van der Waals surface area contributed by atoms with Crippen LogP contribution in [-0.4, -0.2) is 38.7 Å². The topological polar surface area (TPSA) is 83.3 Å². The Hall–Kier alpha value is -1.69. The summed E-state index contributed by atoms with van der Waals surface area (Å²) in [7, 11) is 0. The fourth-order valence-electron chi connectivity index (χ4n) is 3.62. The highest BCUT2D eigenvalue weighted by molar-refractivity contribution is 6.01. The number of likely N-dealkylation sites (tertiary alicyclic amines) is 1. The molecule has 21 heavy (non-hydrogen) atoms. The van der Waals surface area contributed by atoms with Gasteiger partial charge in [0.15, 0.2) is 0 Å². The first-order valence-electron chi connectivity index (χ1n) is 7.81. The van der Waals surface area contributed by atoms with E-state index in [1.54, 1.807) is 6.20 Å². The van der Waals surface area contributed by atoms with Crippen LogP contribution in [0.5, 0.6) is 0 Å². The predicted octanol–water partition coefficient (Wildman–Crippen LogP) is 1.93. The van der Waals surface area contributed by atoms with Gasteiger partial charge in [0.2, 0.25) is 0 Å². The Balaban J connectivity index is 2.14. The highest BCUT2D eigenvalue weighted by Gasteiger charge is 2.46. The molecule has 6 heteroatoms. The number of amidine groups is 2. The maximum Gasteiger partial charge on any atom is 0.139 e. The molecule has 0 aromatic carbocycles. The van der Waals surface area contributed by atoms with Crippen molar-refractivity contribution in [3.8, 4) is 0 Å². The first-order chi connectivity index (χ1) is 10.2. The second kappa shape index (κ2) is 5.60. The summed E-state index contributed by atoms with van der Waals surface area (Å²) in [5.74, 6) is 1.66. The van der Waals surface area contributed by atoms with E-state index in [0.717, 1.165) is 50.9 Å². The zero-order chi connectivity index (χ0) is 14.9. The summed E-state index contributed by atoms with van der Waals surface area (Å²) < 4.78 is 2.08. The molecule has 0 saturated carbocycles. The van der Waals surface area contributed by atoms with Gasteiger partial charge in [0.05, 0.1) is 6.33 Å². The number of aliphatic imine (C=N–C) groups is 1. The summed E-state index contributed by atoms with van der Waals surface area (Å²) in [5.41, 5.74) is 5.99. The fraction of sp³-hybridized carbons (Fsp3) is 0.667. The monoisotopic (exact) mass is 288 g/mol. The van der Waals surface area contributed by atoms with E-state index in [2.05, 4.69) is 19.4 Å². The Morgan fingerprint density at radius 1 is 1.33 bits per heavy atom. The van der Waals surface area contributed by atoms with Crippen molar-refractivity contribution in [2.75, 3.05) is 6.54 Å². The lowest BCUT2D eigenvalue weighted by atomic mass is 9.93. The molecule has 1 fully saturated rings. The third kappa shape index (κ3) is 2.27. The number of imidazole rings is 1. The summed E-state index contributed by atoms with van der Waals surface area (Å²) in [4.78, 5) is 11.0. The SMILES string of the molecule is CC(N)C1(n2ccnc2)CCCCC(=N)N1C1=NCCC1. The van der Waals surface area contributed by atoms with E-state index in [4.69, 9.17) is 11.1 Å². The van der Waals surface area contributed by atoms with Crippen LogP contribution in [0.4, 0.5) is 0 Å². The molecule has 2 aliphatic rings. The molecule has 0 radical (unpaired) electrons. The second-order valence-electron chi connectivity index (χ2n) is 6.03. The Morgan fingerprint density at radius 2 is 2.19 bits per heavy atom. The maximum absolute atomic E-state index is 8.56. The molecule has 6 nitrogen and oxygen atoms in total. The Bertz CT molecular complexity index is 532. The van der Waals surface area contributed by atoms with Gasteiger partial charge < -0.3 is 10.3 Å². The molecule has 1 aromatic heterocycles. The first-order valence-corrected chi connectivity index (χ1v) is 7.81. The van der Waals surface area contributed by atoms with Gasteiger partial charge in [-0.3, -0.25) is 15.3 Å². The minimum Gasteiger partial charge on any atom is -0.324 e. The van der Waals surface area contributed by atoms with Crippen molar-refractivity contribution in [3.63, 3.8) is 0 Å². The smallest absolute Gasteiger partial charge is 0.139 e. The van der Waals surface area contributed by atoms with Crippen molar-refractivity contribution < 1.29 is 0 Å². The number of nitrogens with zero attached hydrogens (tertiary/aromatic N) is 4. The van der Waals surface area contributed by atoms with Crippen molar-refractivity contribution in [2.45, 2.75) is 57.2 Å². The van der Waals surface area contributed by atoms with Gasteiger partial charge in [-0.15, -0.1) is 0 Å². The lowest BCUT2D eigenvalue weighted by Gasteiger charge is -2.47. The molecule has 2 unspecified atom stereocenters. The van der Waals surface area contributed by atoms with Gasteiger partial charge in [0, 0.05) is 37.8 Å². The maximum atomic E-state index is 8.56. The first kappa shape index (κ1) is 14.3. The zero-order valence-corrected chi connectivity index (χ0v) is 12.6. The second-order valence-corrected chi connectivity index (χ2v) is 6.03. The fourth-order valence-corrected chi connectivity index (χ4v) is 3.62. The molecule has 2 atom stereocenters. The van der Waals surface area contributed by atoms with Gasteiger partial charge in [0.25, 0.3) is 0 Å². The van der Waals surface area contributed by atoms with E-state index < -0.39 is 5.66 Å². The van der Waals surface area contributed by atoms with Crippen LogP contribution in [0.3, 0.4) is 0 Å². The van der Waals surface area contributed by atoms with Gasteiger partial charge >= 0.3 is 0 Å². The molecule has 3 rings (SSSR count). The third-order valence-electron chi connectivity index (χ3n) is 4.66. The number of aromatic nitrogens is 2. The molecule has 0 amide bonds. The summed E-state index contributed by atoms with van der Waals surface area (Å²) in [6.45, 7) is 2.89. The quantitative estimate of drug-likeness (QED) is 0.872. The normalized spacial score (nSPS) is 28.4. The molecular formula is C15H24N6. The molecule has 3 N–H and O–H groups in total. The summed E-state index contributed by atoms with van der Waals surface area (Å²) in [6, 6.07) is -0.117. The molecular weight excluding hydrogens is 264 g/mol. The summed E-state index contributed by atoms with van der Waals surface area (Å²) in [6.07, 6.45) is 11.4. The Kier molecular flexibility index (Phi) is 3.80. The third-order valence-corrected chi connectivity index (χ3v) is 4.66. The minimum atomic E-state index is -0.451. The van der Waals surface area contributed by atoms with Crippen molar-refractivity contribution in [2.24, 2.45) is 10.7 Å². The standard InChI is InChI=1S/C15H24N6/c1-12(16)15(20-10-9-18-11-20)7-3-2-5-13(17)21(15)14-6-4-8-19-14/h9-12,17H,2-8,16H2,1H3.